The molecule has 0 aromatic heterocycles. The number of para-hydroxylation sites is 1. The Balaban J connectivity index is 1.81. The molecule has 1 heterocycles. The molecule has 30 heavy (non-hydrogen) atoms. The maximum Gasteiger partial charge on any atom is 0.129 e. The maximum absolute atomic E-state index is 10.5. The predicted molar refractivity (Wildman–Crippen MR) is 119 cm³/mol. The number of hydrogen-bond donors (Lipinski definition) is 2. The molecule has 5 nitrogen and oxygen atoms in total. The molecule has 0 unspecified atom stereocenters. The van der Waals surface area contributed by atoms with E-state index in [-0.39, 0.29) is 18.0 Å². The number of nitrogens with one attached hydrogen (secondary N) is 1. The zero-order valence-corrected chi connectivity index (χ0v) is 17.6. The molecule has 0 aliphatic carbocycles. The summed E-state index contributed by atoms with van der Waals surface area (Å²) in [4.78, 5) is 4.99. The van der Waals surface area contributed by atoms with Crippen molar-refractivity contribution in [1.29, 1.82) is 0 Å². The van der Waals surface area contributed by atoms with E-state index in [0.29, 0.717) is 11.4 Å². The van der Waals surface area contributed by atoms with Crippen molar-refractivity contribution >= 4 is 17.3 Å². The van der Waals surface area contributed by atoms with Crippen LogP contribution in [0.15, 0.2) is 71.7 Å². The number of ether oxygens (including phenoxy) is 2. The molecule has 154 valence electrons. The summed E-state index contributed by atoms with van der Waals surface area (Å²) in [5.74, 6) is 1.71. The van der Waals surface area contributed by atoms with Gasteiger partial charge in [-0.05, 0) is 42.0 Å². The first-order chi connectivity index (χ1) is 14.6. The van der Waals surface area contributed by atoms with Crippen molar-refractivity contribution in [3.05, 3.63) is 88.4 Å². The number of phenolic OH excluding ortho intramolecular Hbond substituents is 1. The van der Waals surface area contributed by atoms with Gasteiger partial charge in [0.15, 0.2) is 0 Å². The summed E-state index contributed by atoms with van der Waals surface area (Å²) in [6.07, 6.45) is 0.242. The molecule has 0 fully saturated rings. The highest BCUT2D eigenvalue weighted by molar-refractivity contribution is 6.30. The van der Waals surface area contributed by atoms with Gasteiger partial charge in [-0.2, -0.15) is 0 Å². The first-order valence-corrected chi connectivity index (χ1v) is 10.1. The van der Waals surface area contributed by atoms with Crippen LogP contribution in [-0.2, 0) is 0 Å². The number of nitrogens with zero attached hydrogens (tertiary/aromatic N) is 1. The highest BCUT2D eigenvalue weighted by atomic mass is 35.5. The molecular formula is C24H23ClN2O3. The van der Waals surface area contributed by atoms with Gasteiger partial charge in [0, 0.05) is 34.3 Å². The summed E-state index contributed by atoms with van der Waals surface area (Å²) in [6.45, 7) is 0. The first kappa shape index (κ1) is 20.3. The molecule has 1 aliphatic rings. The van der Waals surface area contributed by atoms with Crippen molar-refractivity contribution in [2.75, 3.05) is 14.2 Å². The van der Waals surface area contributed by atoms with Crippen LogP contribution in [0.3, 0.4) is 0 Å². The van der Waals surface area contributed by atoms with Gasteiger partial charge < -0.3 is 14.6 Å². The van der Waals surface area contributed by atoms with E-state index in [4.69, 9.17) is 26.1 Å². The van der Waals surface area contributed by atoms with Crippen LogP contribution in [0.2, 0.25) is 5.02 Å². The van der Waals surface area contributed by atoms with Crippen LogP contribution in [0.1, 0.15) is 35.3 Å². The molecular weight excluding hydrogens is 400 g/mol. The minimum absolute atomic E-state index is 0.183. The zero-order valence-electron chi connectivity index (χ0n) is 16.8. The Morgan fingerprint density at radius 1 is 0.967 bits per heavy atom. The number of aliphatic imine (C=N–C) groups is 1. The molecule has 3 aromatic rings. The SMILES string of the molecule is COc1cccc(C2=N[C@@H](c3ccccc3OC)N[C@@H](c3cc(Cl)ccc3O)C2)c1. The van der Waals surface area contributed by atoms with Gasteiger partial charge in [0.25, 0.3) is 0 Å². The number of benzene rings is 3. The lowest BCUT2D eigenvalue weighted by Gasteiger charge is -2.31. The summed E-state index contributed by atoms with van der Waals surface area (Å²) >= 11 is 6.22. The molecule has 1 aliphatic heterocycles. The summed E-state index contributed by atoms with van der Waals surface area (Å²) in [5, 5.41) is 14.6. The summed E-state index contributed by atoms with van der Waals surface area (Å²) in [6, 6.07) is 20.5. The fraction of sp³-hybridized carbons (Fsp3) is 0.208. The molecule has 2 atom stereocenters. The van der Waals surface area contributed by atoms with E-state index in [1.807, 2.05) is 48.5 Å². The second-order valence-electron chi connectivity index (χ2n) is 7.08. The lowest BCUT2D eigenvalue weighted by atomic mass is 9.93. The smallest absolute Gasteiger partial charge is 0.129 e. The Kier molecular flexibility index (Phi) is 5.93. The van der Waals surface area contributed by atoms with Crippen molar-refractivity contribution in [2.45, 2.75) is 18.6 Å². The van der Waals surface area contributed by atoms with Crippen LogP contribution in [0.5, 0.6) is 17.2 Å². The second kappa shape index (κ2) is 8.78. The Morgan fingerprint density at radius 3 is 2.60 bits per heavy atom. The van der Waals surface area contributed by atoms with Gasteiger partial charge in [0.2, 0.25) is 0 Å². The summed E-state index contributed by atoms with van der Waals surface area (Å²) in [5.41, 5.74) is 3.54. The molecule has 0 saturated heterocycles. The van der Waals surface area contributed by atoms with Gasteiger partial charge in [-0.25, -0.2) is 0 Å². The van der Waals surface area contributed by atoms with Gasteiger partial charge in [0.05, 0.1) is 14.2 Å². The standard InChI is InChI=1S/C24H23ClN2O3/c1-29-17-7-5-6-15(12-17)20-14-21(19-13-16(25)10-11-22(19)28)27-24(26-20)18-8-3-4-9-23(18)30-2/h3-13,21,24,27-28H,14H2,1-2H3/t21-,24-/m1/s1. The van der Waals surface area contributed by atoms with Gasteiger partial charge in [0.1, 0.15) is 23.4 Å². The summed E-state index contributed by atoms with van der Waals surface area (Å²) < 4.78 is 11.0. The van der Waals surface area contributed by atoms with E-state index in [1.165, 1.54) is 0 Å². The topological polar surface area (TPSA) is 63.1 Å². The average molecular weight is 423 g/mol. The molecule has 0 radical (unpaired) electrons. The number of phenols is 1. The molecule has 6 heteroatoms. The molecule has 0 spiro atoms. The molecule has 0 saturated carbocycles. The number of methoxy groups -OCH3 is 2. The van der Waals surface area contributed by atoms with Gasteiger partial charge in [-0.1, -0.05) is 41.9 Å². The van der Waals surface area contributed by atoms with Crippen molar-refractivity contribution < 1.29 is 14.6 Å². The number of aromatic hydroxyl groups is 1. The Morgan fingerprint density at radius 2 is 1.80 bits per heavy atom. The third kappa shape index (κ3) is 4.13. The van der Waals surface area contributed by atoms with Crippen molar-refractivity contribution in [3.63, 3.8) is 0 Å². The van der Waals surface area contributed by atoms with Gasteiger partial charge in [-0.15, -0.1) is 0 Å². The quantitative estimate of drug-likeness (QED) is 0.586. The van der Waals surface area contributed by atoms with Crippen molar-refractivity contribution in [2.24, 2.45) is 4.99 Å². The third-order valence-corrected chi connectivity index (χ3v) is 5.48. The largest absolute Gasteiger partial charge is 0.508 e. The lowest BCUT2D eigenvalue weighted by Crippen LogP contribution is -2.33. The van der Waals surface area contributed by atoms with E-state index in [9.17, 15) is 5.11 Å². The first-order valence-electron chi connectivity index (χ1n) is 9.67. The van der Waals surface area contributed by atoms with Gasteiger partial charge in [-0.3, -0.25) is 10.3 Å². The van der Waals surface area contributed by atoms with Crippen LogP contribution >= 0.6 is 11.6 Å². The normalized spacial score (nSPS) is 18.6. The minimum atomic E-state index is -0.348. The second-order valence-corrected chi connectivity index (χ2v) is 7.52. The fourth-order valence-electron chi connectivity index (χ4n) is 3.74. The molecule has 3 aromatic carbocycles. The van der Waals surface area contributed by atoms with Crippen molar-refractivity contribution in [1.82, 2.24) is 5.32 Å². The van der Waals surface area contributed by atoms with Crippen LogP contribution in [0.4, 0.5) is 0 Å². The summed E-state index contributed by atoms with van der Waals surface area (Å²) in [7, 11) is 3.29. The monoisotopic (exact) mass is 422 g/mol. The van der Waals surface area contributed by atoms with Crippen molar-refractivity contribution in [3.8, 4) is 17.2 Å². The zero-order chi connectivity index (χ0) is 21.1. The number of halogens is 1. The molecule has 4 rings (SSSR count). The minimum Gasteiger partial charge on any atom is -0.508 e. The molecule has 2 N–H and O–H groups in total. The van der Waals surface area contributed by atoms with Crippen LogP contribution in [-0.4, -0.2) is 25.0 Å². The van der Waals surface area contributed by atoms with E-state index >= 15 is 0 Å². The lowest BCUT2D eigenvalue weighted by molar-refractivity contribution is 0.381. The highest BCUT2D eigenvalue weighted by Gasteiger charge is 2.29. The predicted octanol–water partition coefficient (Wildman–Crippen LogP) is 5.29. The van der Waals surface area contributed by atoms with E-state index in [1.54, 1.807) is 32.4 Å². The number of rotatable bonds is 5. The Hall–Kier alpha value is -3.02. The van der Waals surface area contributed by atoms with E-state index in [0.717, 1.165) is 33.9 Å². The van der Waals surface area contributed by atoms with Crippen LogP contribution < -0.4 is 14.8 Å². The fourth-order valence-corrected chi connectivity index (χ4v) is 3.92. The highest BCUT2D eigenvalue weighted by Crippen LogP contribution is 2.37. The van der Waals surface area contributed by atoms with Crippen LogP contribution in [0, 0.1) is 0 Å². The Bertz CT molecular complexity index is 1080. The average Bonchev–Trinajstić information content (AvgIpc) is 2.80. The van der Waals surface area contributed by atoms with Crippen LogP contribution in [0.25, 0.3) is 0 Å². The van der Waals surface area contributed by atoms with E-state index in [2.05, 4.69) is 5.32 Å². The molecule has 0 amide bonds. The number of hydrogen-bond acceptors (Lipinski definition) is 5. The molecule has 0 bridgehead atoms. The van der Waals surface area contributed by atoms with Gasteiger partial charge >= 0.3 is 0 Å². The third-order valence-electron chi connectivity index (χ3n) is 5.24. The Labute approximate surface area is 180 Å². The maximum atomic E-state index is 10.5. The van der Waals surface area contributed by atoms with E-state index < -0.39 is 0 Å².